The van der Waals surface area contributed by atoms with Gasteiger partial charge in [-0.15, -0.1) is 0 Å². The van der Waals surface area contributed by atoms with E-state index >= 15 is 0 Å². The average molecular weight is 219 g/mol. The normalized spacial score (nSPS) is 10.6. The van der Waals surface area contributed by atoms with Gasteiger partial charge in [0.25, 0.3) is 5.88 Å². The van der Waals surface area contributed by atoms with Crippen LogP contribution < -0.4 is 4.89 Å². The average Bonchev–Trinajstić information content (AvgIpc) is 2.31. The first kappa shape index (κ1) is 10.7. The van der Waals surface area contributed by atoms with Gasteiger partial charge in [-0.3, -0.25) is 0 Å². The number of phenols is 1. The number of phenolic OH excluding ortho intramolecular Hbond substituents is 1. The lowest BCUT2D eigenvalue weighted by atomic mass is 10.1. The first-order chi connectivity index (χ1) is 7.83. The topological polar surface area (TPSA) is 51.6 Å². The Hall–Kier alpha value is -1.81. The lowest BCUT2D eigenvalue weighted by Crippen LogP contribution is -2.00. The van der Waals surface area contributed by atoms with Crippen molar-refractivity contribution in [2.45, 2.75) is 13.3 Å². The third-order valence-electron chi connectivity index (χ3n) is 2.17. The van der Waals surface area contributed by atoms with Crippen LogP contribution in [0, 0.1) is 0 Å². The van der Waals surface area contributed by atoms with Crippen LogP contribution in [0.4, 0.5) is 0 Å². The van der Waals surface area contributed by atoms with Crippen molar-refractivity contribution in [1.82, 2.24) is 4.98 Å². The second-order valence-corrected chi connectivity index (χ2v) is 3.39. The Balaban J connectivity index is 2.34. The fourth-order valence-corrected chi connectivity index (χ4v) is 1.41. The van der Waals surface area contributed by atoms with Crippen molar-refractivity contribution in [3.63, 3.8) is 0 Å². The molecule has 0 aliphatic heterocycles. The molecule has 0 saturated heterocycles. The molecule has 0 amide bonds. The standard InChI is InChI=1S/C12H13NO3/c1-2-8-15-16-12-10-4-3-5-11(14)9(10)6-7-13-12/h3-7,14H,2,8H2,1H3. The fraction of sp³-hybridized carbons (Fsp3) is 0.250. The molecule has 2 aromatic rings. The van der Waals surface area contributed by atoms with Gasteiger partial charge in [-0.2, -0.15) is 4.89 Å². The summed E-state index contributed by atoms with van der Waals surface area (Å²) in [5, 5.41) is 11.1. The minimum atomic E-state index is 0.209. The maximum Gasteiger partial charge on any atom is 0.264 e. The number of hydrogen-bond donors (Lipinski definition) is 1. The molecule has 0 unspecified atom stereocenters. The second kappa shape index (κ2) is 4.81. The predicted molar refractivity (Wildman–Crippen MR) is 60.3 cm³/mol. The van der Waals surface area contributed by atoms with Crippen molar-refractivity contribution in [2.75, 3.05) is 6.61 Å². The van der Waals surface area contributed by atoms with Crippen molar-refractivity contribution in [2.24, 2.45) is 0 Å². The summed E-state index contributed by atoms with van der Waals surface area (Å²) in [6.07, 6.45) is 2.45. The van der Waals surface area contributed by atoms with Gasteiger partial charge >= 0.3 is 0 Å². The van der Waals surface area contributed by atoms with Crippen LogP contribution in [0.3, 0.4) is 0 Å². The molecule has 1 aromatic carbocycles. The van der Waals surface area contributed by atoms with Crippen LogP contribution in [-0.2, 0) is 4.89 Å². The van der Waals surface area contributed by atoms with E-state index in [-0.39, 0.29) is 5.75 Å². The first-order valence-electron chi connectivity index (χ1n) is 5.19. The zero-order valence-electron chi connectivity index (χ0n) is 9.01. The van der Waals surface area contributed by atoms with E-state index in [0.717, 1.165) is 11.8 Å². The van der Waals surface area contributed by atoms with Crippen LogP contribution in [0.25, 0.3) is 10.8 Å². The number of pyridine rings is 1. The van der Waals surface area contributed by atoms with E-state index in [1.165, 1.54) is 0 Å². The maximum absolute atomic E-state index is 9.64. The number of rotatable bonds is 4. The van der Waals surface area contributed by atoms with E-state index in [4.69, 9.17) is 9.78 Å². The van der Waals surface area contributed by atoms with Crippen molar-refractivity contribution < 1.29 is 14.9 Å². The van der Waals surface area contributed by atoms with E-state index < -0.39 is 0 Å². The minimum Gasteiger partial charge on any atom is -0.507 e. The Labute approximate surface area is 93.4 Å². The third kappa shape index (κ3) is 2.06. The molecule has 0 atom stereocenters. The van der Waals surface area contributed by atoms with Gasteiger partial charge < -0.3 is 9.99 Å². The van der Waals surface area contributed by atoms with Crippen LogP contribution in [0.1, 0.15) is 13.3 Å². The Morgan fingerprint density at radius 2 is 2.12 bits per heavy atom. The SMILES string of the molecule is CCCOOc1nccc2c(O)cccc12. The van der Waals surface area contributed by atoms with E-state index in [1.807, 2.05) is 13.0 Å². The second-order valence-electron chi connectivity index (χ2n) is 3.39. The zero-order valence-corrected chi connectivity index (χ0v) is 9.01. The lowest BCUT2D eigenvalue weighted by molar-refractivity contribution is -0.208. The molecule has 0 radical (unpaired) electrons. The fourth-order valence-electron chi connectivity index (χ4n) is 1.41. The summed E-state index contributed by atoms with van der Waals surface area (Å²) in [5.41, 5.74) is 0. The Bertz CT molecular complexity index is 485. The van der Waals surface area contributed by atoms with Gasteiger partial charge in [0.15, 0.2) is 0 Å². The quantitative estimate of drug-likeness (QED) is 0.488. The highest BCUT2D eigenvalue weighted by atomic mass is 17.2. The highest BCUT2D eigenvalue weighted by Gasteiger charge is 2.06. The number of nitrogens with zero attached hydrogens (tertiary/aromatic N) is 1. The van der Waals surface area contributed by atoms with Gasteiger partial charge in [0.05, 0.1) is 12.0 Å². The summed E-state index contributed by atoms with van der Waals surface area (Å²) in [5.74, 6) is 0.585. The molecule has 1 aromatic heterocycles. The molecule has 2 rings (SSSR count). The number of benzene rings is 1. The molecule has 0 bridgehead atoms. The lowest BCUT2D eigenvalue weighted by Gasteiger charge is -2.06. The Kier molecular flexibility index (Phi) is 3.22. The number of aromatic nitrogens is 1. The number of hydrogen-bond acceptors (Lipinski definition) is 4. The molecule has 4 heteroatoms. The molecule has 0 saturated carbocycles. The molecule has 1 heterocycles. The summed E-state index contributed by atoms with van der Waals surface area (Å²) in [6.45, 7) is 2.50. The smallest absolute Gasteiger partial charge is 0.264 e. The van der Waals surface area contributed by atoms with E-state index in [2.05, 4.69) is 4.98 Å². The van der Waals surface area contributed by atoms with Gasteiger partial charge in [0.1, 0.15) is 5.75 Å². The van der Waals surface area contributed by atoms with Crippen molar-refractivity contribution in [3.05, 3.63) is 30.5 Å². The largest absolute Gasteiger partial charge is 0.507 e. The molecule has 16 heavy (non-hydrogen) atoms. The number of aromatic hydroxyl groups is 1. The molecular weight excluding hydrogens is 206 g/mol. The summed E-state index contributed by atoms with van der Waals surface area (Å²) >= 11 is 0. The van der Waals surface area contributed by atoms with Crippen LogP contribution in [-0.4, -0.2) is 16.7 Å². The Morgan fingerprint density at radius 3 is 2.94 bits per heavy atom. The van der Waals surface area contributed by atoms with E-state index in [1.54, 1.807) is 24.4 Å². The monoisotopic (exact) mass is 219 g/mol. The summed E-state index contributed by atoms with van der Waals surface area (Å²) in [4.78, 5) is 14.1. The van der Waals surface area contributed by atoms with Gasteiger partial charge in [0, 0.05) is 11.6 Å². The van der Waals surface area contributed by atoms with Gasteiger partial charge in [0.2, 0.25) is 0 Å². The van der Waals surface area contributed by atoms with Crippen LogP contribution in [0.2, 0.25) is 0 Å². The van der Waals surface area contributed by atoms with Gasteiger partial charge in [-0.05, 0) is 24.6 Å². The van der Waals surface area contributed by atoms with Gasteiger partial charge in [-0.1, -0.05) is 13.0 Å². The van der Waals surface area contributed by atoms with Crippen molar-refractivity contribution >= 4 is 10.8 Å². The van der Waals surface area contributed by atoms with Crippen molar-refractivity contribution in [3.8, 4) is 11.6 Å². The molecule has 0 aliphatic carbocycles. The van der Waals surface area contributed by atoms with Gasteiger partial charge in [-0.25, -0.2) is 4.98 Å². The predicted octanol–water partition coefficient (Wildman–Crippen LogP) is 2.66. The summed E-state index contributed by atoms with van der Waals surface area (Å²) < 4.78 is 0. The molecule has 84 valence electrons. The maximum atomic E-state index is 9.64. The zero-order chi connectivity index (χ0) is 11.4. The molecular formula is C12H13NO3. The summed E-state index contributed by atoms with van der Waals surface area (Å²) in [7, 11) is 0. The van der Waals surface area contributed by atoms with Crippen LogP contribution in [0.5, 0.6) is 11.6 Å². The van der Waals surface area contributed by atoms with E-state index in [9.17, 15) is 5.11 Å². The molecule has 1 N–H and O–H groups in total. The molecule has 4 nitrogen and oxygen atoms in total. The molecule has 0 aliphatic rings. The molecule has 0 spiro atoms. The van der Waals surface area contributed by atoms with Crippen LogP contribution >= 0.6 is 0 Å². The minimum absolute atomic E-state index is 0.209. The van der Waals surface area contributed by atoms with Crippen LogP contribution in [0.15, 0.2) is 30.5 Å². The van der Waals surface area contributed by atoms with Crippen molar-refractivity contribution in [1.29, 1.82) is 0 Å². The summed E-state index contributed by atoms with van der Waals surface area (Å²) in [6, 6.07) is 6.93. The molecule has 0 fully saturated rings. The number of fused-ring (bicyclic) bond motifs is 1. The highest BCUT2D eigenvalue weighted by molar-refractivity contribution is 5.91. The third-order valence-corrected chi connectivity index (χ3v) is 2.17. The van der Waals surface area contributed by atoms with E-state index in [0.29, 0.717) is 17.9 Å². The Morgan fingerprint density at radius 1 is 1.25 bits per heavy atom. The first-order valence-corrected chi connectivity index (χ1v) is 5.19. The highest BCUT2D eigenvalue weighted by Crippen LogP contribution is 2.29.